The van der Waals surface area contributed by atoms with Gasteiger partial charge in [0.25, 0.3) is 0 Å². The second-order valence-electron chi connectivity index (χ2n) is 8.25. The molecule has 0 heterocycles. The summed E-state index contributed by atoms with van der Waals surface area (Å²) in [6.45, 7) is 0.696. The first-order valence-corrected chi connectivity index (χ1v) is 11.9. The highest BCUT2D eigenvalue weighted by Crippen LogP contribution is 2.27. The van der Waals surface area contributed by atoms with Crippen molar-refractivity contribution in [3.63, 3.8) is 0 Å². The molecule has 37 heavy (non-hydrogen) atoms. The van der Waals surface area contributed by atoms with Crippen molar-refractivity contribution in [3.05, 3.63) is 95.6 Å². The number of nitrogens with one attached hydrogen (secondary N) is 1. The normalized spacial score (nSPS) is 11.2. The molecule has 1 atom stereocenters. The number of hydrogen-bond acceptors (Lipinski definition) is 7. The monoisotopic (exact) mass is 505 g/mol. The molecule has 3 rings (SSSR count). The van der Waals surface area contributed by atoms with Crippen molar-refractivity contribution in [2.75, 3.05) is 14.2 Å². The van der Waals surface area contributed by atoms with E-state index >= 15 is 0 Å². The second kappa shape index (κ2) is 14.3. The average Bonchev–Trinajstić information content (AvgIpc) is 2.94. The van der Waals surface area contributed by atoms with E-state index in [-0.39, 0.29) is 19.3 Å². The van der Waals surface area contributed by atoms with Crippen molar-refractivity contribution in [3.8, 4) is 11.5 Å². The molecular weight excluding hydrogens is 474 g/mol. The number of carbonyl (C=O) groups is 3. The first-order valence-electron chi connectivity index (χ1n) is 11.9. The fourth-order valence-corrected chi connectivity index (χ4v) is 3.56. The maximum atomic E-state index is 12.9. The van der Waals surface area contributed by atoms with Crippen LogP contribution in [-0.2, 0) is 43.5 Å². The molecule has 3 aromatic carbocycles. The summed E-state index contributed by atoms with van der Waals surface area (Å²) in [4.78, 5) is 36.5. The van der Waals surface area contributed by atoms with E-state index in [2.05, 4.69) is 10.1 Å². The van der Waals surface area contributed by atoms with Gasteiger partial charge in [-0.15, -0.1) is 0 Å². The topological polar surface area (TPSA) is 100 Å². The molecule has 0 aliphatic carbocycles. The number of amides is 1. The van der Waals surface area contributed by atoms with Gasteiger partial charge in [-0.3, -0.25) is 9.59 Å². The minimum absolute atomic E-state index is 0.0323. The van der Waals surface area contributed by atoms with Crippen molar-refractivity contribution >= 4 is 17.8 Å². The first-order chi connectivity index (χ1) is 18.0. The molecule has 8 heteroatoms. The summed E-state index contributed by atoms with van der Waals surface area (Å²) < 4.78 is 21.4. The molecule has 1 N–H and O–H groups in total. The molecule has 3 aromatic rings. The van der Waals surface area contributed by atoms with Crippen LogP contribution in [0.3, 0.4) is 0 Å². The van der Waals surface area contributed by atoms with Crippen molar-refractivity contribution in [1.29, 1.82) is 0 Å². The summed E-state index contributed by atoms with van der Waals surface area (Å²) >= 11 is 0. The summed E-state index contributed by atoms with van der Waals surface area (Å²) in [7, 11) is 2.49. The van der Waals surface area contributed by atoms with Gasteiger partial charge in [-0.2, -0.15) is 0 Å². The second-order valence-corrected chi connectivity index (χ2v) is 8.25. The third-order valence-corrected chi connectivity index (χ3v) is 5.56. The Morgan fingerprint density at radius 1 is 0.784 bits per heavy atom. The van der Waals surface area contributed by atoms with Crippen LogP contribution in [0, 0.1) is 0 Å². The Hall–Kier alpha value is -4.33. The van der Waals surface area contributed by atoms with Gasteiger partial charge in [-0.1, -0.05) is 66.7 Å². The summed E-state index contributed by atoms with van der Waals surface area (Å²) in [6.07, 6.45) is -0.0149. The van der Waals surface area contributed by atoms with E-state index in [0.717, 1.165) is 11.1 Å². The highest BCUT2D eigenvalue weighted by Gasteiger charge is 2.23. The lowest BCUT2D eigenvalue weighted by atomic mass is 10.1. The van der Waals surface area contributed by atoms with E-state index in [1.54, 1.807) is 18.2 Å². The molecule has 0 aliphatic rings. The molecule has 0 bridgehead atoms. The largest absolute Gasteiger partial charge is 0.489 e. The summed E-state index contributed by atoms with van der Waals surface area (Å²) in [5.74, 6) is -0.439. The van der Waals surface area contributed by atoms with E-state index in [1.165, 1.54) is 14.2 Å². The fourth-order valence-electron chi connectivity index (χ4n) is 3.56. The van der Waals surface area contributed by atoms with Crippen molar-refractivity contribution in [1.82, 2.24) is 5.32 Å². The molecule has 0 radical (unpaired) electrons. The number of rotatable bonds is 13. The Labute approximate surface area is 216 Å². The number of carbonyl (C=O) groups excluding carboxylic acids is 3. The van der Waals surface area contributed by atoms with E-state index in [4.69, 9.17) is 14.2 Å². The molecule has 0 saturated carbocycles. The number of benzene rings is 3. The zero-order valence-corrected chi connectivity index (χ0v) is 21.0. The maximum absolute atomic E-state index is 12.9. The predicted octanol–water partition coefficient (Wildman–Crippen LogP) is 4.00. The molecular formula is C29H31NO7. The number of hydrogen-bond donors (Lipinski definition) is 1. The van der Waals surface area contributed by atoms with Crippen molar-refractivity contribution in [2.24, 2.45) is 0 Å². The van der Waals surface area contributed by atoms with Crippen molar-refractivity contribution < 1.29 is 33.3 Å². The Balaban J connectivity index is 1.72. The van der Waals surface area contributed by atoms with Crippen LogP contribution >= 0.6 is 0 Å². The van der Waals surface area contributed by atoms with Crippen LogP contribution < -0.4 is 14.8 Å². The van der Waals surface area contributed by atoms with Gasteiger partial charge in [0, 0.05) is 18.1 Å². The average molecular weight is 506 g/mol. The molecule has 194 valence electrons. The van der Waals surface area contributed by atoms with E-state index in [9.17, 15) is 14.4 Å². The molecule has 0 aromatic heterocycles. The van der Waals surface area contributed by atoms with Crippen LogP contribution in [0.5, 0.6) is 11.5 Å². The molecule has 0 saturated heterocycles. The third kappa shape index (κ3) is 9.00. The predicted molar refractivity (Wildman–Crippen MR) is 137 cm³/mol. The van der Waals surface area contributed by atoms with Gasteiger partial charge in [-0.25, -0.2) is 4.79 Å². The van der Waals surface area contributed by atoms with Gasteiger partial charge in [0.15, 0.2) is 0 Å². The zero-order valence-electron chi connectivity index (χ0n) is 21.0. The zero-order chi connectivity index (χ0) is 26.5. The summed E-state index contributed by atoms with van der Waals surface area (Å²) in [5.41, 5.74) is 2.62. The first kappa shape index (κ1) is 27.3. The molecule has 1 unspecified atom stereocenters. The van der Waals surface area contributed by atoms with Crippen LogP contribution in [0.1, 0.15) is 29.5 Å². The van der Waals surface area contributed by atoms with Gasteiger partial charge in [-0.05, 0) is 23.6 Å². The Kier molecular flexibility index (Phi) is 10.5. The van der Waals surface area contributed by atoms with Crippen LogP contribution in [0.4, 0.5) is 0 Å². The van der Waals surface area contributed by atoms with Crippen molar-refractivity contribution in [2.45, 2.75) is 38.5 Å². The number of esters is 2. The minimum Gasteiger partial charge on any atom is -0.489 e. The summed E-state index contributed by atoms with van der Waals surface area (Å²) in [6, 6.07) is 23.8. The molecule has 0 aliphatic heterocycles. The van der Waals surface area contributed by atoms with Gasteiger partial charge in [0.05, 0.1) is 20.6 Å². The lowest BCUT2D eigenvalue weighted by Crippen LogP contribution is -2.42. The van der Waals surface area contributed by atoms with E-state index in [1.807, 2.05) is 60.7 Å². The van der Waals surface area contributed by atoms with Gasteiger partial charge in [0.2, 0.25) is 5.91 Å². The quantitative estimate of drug-likeness (QED) is 0.351. The SMILES string of the molecule is COC(=O)CCC(NC(=O)Cc1ccc(OCc2ccccc2)cc1OCc1ccccc1)C(=O)OC. The van der Waals surface area contributed by atoms with E-state index in [0.29, 0.717) is 30.3 Å². The van der Waals surface area contributed by atoms with Crippen LogP contribution in [0.25, 0.3) is 0 Å². The maximum Gasteiger partial charge on any atom is 0.328 e. The third-order valence-electron chi connectivity index (χ3n) is 5.56. The highest BCUT2D eigenvalue weighted by atomic mass is 16.5. The standard InChI is InChI=1S/C29H31NO7/c1-34-28(32)16-15-25(29(33)35-2)30-27(31)17-23-13-14-24(36-19-21-9-5-3-6-10-21)18-26(23)37-20-22-11-7-4-8-12-22/h3-14,18,25H,15-17,19-20H2,1-2H3,(H,30,31). The van der Waals surface area contributed by atoms with E-state index < -0.39 is 23.9 Å². The molecule has 0 spiro atoms. The van der Waals surface area contributed by atoms with Crippen LogP contribution in [0.15, 0.2) is 78.9 Å². The molecule has 0 fully saturated rings. The molecule has 8 nitrogen and oxygen atoms in total. The van der Waals surface area contributed by atoms with Crippen LogP contribution in [-0.4, -0.2) is 38.1 Å². The number of methoxy groups -OCH3 is 2. The Bertz CT molecular complexity index is 1170. The minimum atomic E-state index is -0.973. The van der Waals surface area contributed by atoms with Crippen LogP contribution in [0.2, 0.25) is 0 Å². The fraction of sp³-hybridized carbons (Fsp3) is 0.276. The highest BCUT2D eigenvalue weighted by molar-refractivity contribution is 5.86. The lowest BCUT2D eigenvalue weighted by molar-refractivity contribution is -0.146. The van der Waals surface area contributed by atoms with Gasteiger partial charge >= 0.3 is 11.9 Å². The van der Waals surface area contributed by atoms with Gasteiger partial charge in [0.1, 0.15) is 30.8 Å². The number of ether oxygens (including phenoxy) is 4. The Morgan fingerprint density at radius 2 is 1.41 bits per heavy atom. The van der Waals surface area contributed by atoms with Gasteiger partial charge < -0.3 is 24.3 Å². The Morgan fingerprint density at radius 3 is 2.00 bits per heavy atom. The molecule has 1 amide bonds. The smallest absolute Gasteiger partial charge is 0.328 e. The lowest BCUT2D eigenvalue weighted by Gasteiger charge is -2.17. The summed E-state index contributed by atoms with van der Waals surface area (Å²) in [5, 5.41) is 2.65.